The maximum atomic E-state index is 12.0. The van der Waals surface area contributed by atoms with Crippen LogP contribution in [0.4, 0.5) is 0 Å². The molecule has 0 radical (unpaired) electrons. The predicted octanol–water partition coefficient (Wildman–Crippen LogP) is 3.98. The Hall–Kier alpha value is -0.940. The van der Waals surface area contributed by atoms with Crippen LogP contribution in [-0.4, -0.2) is 61.6 Å². The van der Waals surface area contributed by atoms with E-state index in [1.807, 2.05) is 20.8 Å². The lowest BCUT2D eigenvalue weighted by atomic mass is 9.99. The van der Waals surface area contributed by atoms with E-state index in [9.17, 15) is 4.79 Å². The van der Waals surface area contributed by atoms with E-state index in [0.717, 1.165) is 29.9 Å². The smallest absolute Gasteiger partial charge is 0.350 e. The van der Waals surface area contributed by atoms with Gasteiger partial charge in [-0.1, -0.05) is 6.92 Å². The van der Waals surface area contributed by atoms with Crippen molar-refractivity contribution in [2.24, 2.45) is 10.9 Å². The Kier molecular flexibility index (Phi) is 12.8. The molecule has 2 rings (SSSR count). The number of rotatable bonds is 9. The number of aryl methyl sites for hydroxylation is 1. The lowest BCUT2D eigenvalue weighted by Crippen LogP contribution is -2.39. The van der Waals surface area contributed by atoms with Gasteiger partial charge in [0, 0.05) is 13.6 Å². The van der Waals surface area contributed by atoms with Crippen LogP contribution in [0.1, 0.15) is 72.9 Å². The first kappa shape index (κ1) is 27.1. The summed E-state index contributed by atoms with van der Waals surface area (Å²) >= 11 is 1.38. The average molecular weight is 552 g/mol. The first-order valence-electron chi connectivity index (χ1n) is 10.8. The maximum absolute atomic E-state index is 12.0. The number of nitrogens with zero attached hydrogens (tertiary/aromatic N) is 3. The topological polar surface area (TPSA) is 78.8 Å². The third kappa shape index (κ3) is 8.66. The molecule has 1 aliphatic rings. The van der Waals surface area contributed by atoms with Crippen molar-refractivity contribution in [2.75, 3.05) is 39.8 Å². The van der Waals surface area contributed by atoms with Gasteiger partial charge in [-0.25, -0.2) is 9.78 Å². The molecule has 7 nitrogen and oxygen atoms in total. The van der Waals surface area contributed by atoms with E-state index in [1.165, 1.54) is 50.2 Å². The molecule has 9 heteroatoms. The van der Waals surface area contributed by atoms with E-state index in [-0.39, 0.29) is 36.0 Å². The van der Waals surface area contributed by atoms with Gasteiger partial charge in [0.25, 0.3) is 0 Å². The highest BCUT2D eigenvalue weighted by Gasteiger charge is 2.20. The maximum Gasteiger partial charge on any atom is 0.350 e. The van der Waals surface area contributed by atoms with Gasteiger partial charge in [-0.2, -0.15) is 0 Å². The summed E-state index contributed by atoms with van der Waals surface area (Å²) < 4.78 is 5.10. The number of likely N-dealkylation sites (tertiary alicyclic amines) is 1. The molecule has 1 fully saturated rings. The van der Waals surface area contributed by atoms with Gasteiger partial charge in [-0.3, -0.25) is 4.99 Å². The van der Waals surface area contributed by atoms with Crippen LogP contribution < -0.4 is 10.6 Å². The van der Waals surface area contributed by atoms with Crippen molar-refractivity contribution in [3.05, 3.63) is 15.6 Å². The van der Waals surface area contributed by atoms with E-state index in [1.54, 1.807) is 7.05 Å². The molecular formula is C21H38IN5O2S. The van der Waals surface area contributed by atoms with Gasteiger partial charge in [0.05, 0.1) is 18.3 Å². The number of carbonyl (C=O) groups excluding carboxylic acids is 1. The number of ether oxygens (including phenoxy) is 1. The second-order valence-electron chi connectivity index (χ2n) is 7.78. The number of hydrogen-bond acceptors (Lipinski definition) is 6. The van der Waals surface area contributed by atoms with Crippen molar-refractivity contribution >= 4 is 47.2 Å². The Morgan fingerprint density at radius 1 is 1.37 bits per heavy atom. The van der Waals surface area contributed by atoms with Crippen molar-refractivity contribution in [3.8, 4) is 0 Å². The van der Waals surface area contributed by atoms with Crippen LogP contribution in [0.15, 0.2) is 4.99 Å². The predicted molar refractivity (Wildman–Crippen MR) is 135 cm³/mol. The zero-order chi connectivity index (χ0) is 21.2. The molecule has 172 valence electrons. The summed E-state index contributed by atoms with van der Waals surface area (Å²) in [4.78, 5) is 24.0. The second kappa shape index (κ2) is 14.2. The van der Waals surface area contributed by atoms with Gasteiger partial charge in [0.15, 0.2) is 5.96 Å². The number of carbonyl (C=O) groups is 1. The Morgan fingerprint density at radius 3 is 2.70 bits per heavy atom. The molecule has 30 heavy (non-hydrogen) atoms. The van der Waals surface area contributed by atoms with Gasteiger partial charge in [0.2, 0.25) is 0 Å². The molecular weight excluding hydrogens is 513 g/mol. The number of piperidine rings is 1. The fourth-order valence-corrected chi connectivity index (χ4v) is 4.37. The fourth-order valence-electron chi connectivity index (χ4n) is 3.40. The molecule has 2 N–H and O–H groups in total. The van der Waals surface area contributed by atoms with Gasteiger partial charge in [0.1, 0.15) is 9.88 Å². The van der Waals surface area contributed by atoms with E-state index in [4.69, 9.17) is 4.74 Å². The average Bonchev–Trinajstić information content (AvgIpc) is 3.10. The number of aliphatic imine (C=N–C) groups is 1. The van der Waals surface area contributed by atoms with Gasteiger partial charge >= 0.3 is 5.97 Å². The molecule has 0 bridgehead atoms. The Bertz CT molecular complexity index is 674. The Labute approximate surface area is 202 Å². The monoisotopic (exact) mass is 551 g/mol. The van der Waals surface area contributed by atoms with Gasteiger partial charge < -0.3 is 20.3 Å². The van der Waals surface area contributed by atoms with E-state index < -0.39 is 0 Å². The van der Waals surface area contributed by atoms with Crippen molar-refractivity contribution in [1.29, 1.82) is 0 Å². The minimum atomic E-state index is -0.299. The number of nitrogens with one attached hydrogen (secondary N) is 2. The fraction of sp³-hybridized carbons (Fsp3) is 0.762. The largest absolute Gasteiger partial charge is 0.462 e. The van der Waals surface area contributed by atoms with Crippen LogP contribution >= 0.6 is 35.3 Å². The number of hydrogen-bond donors (Lipinski definition) is 2. The number of halogens is 1. The summed E-state index contributed by atoms with van der Waals surface area (Å²) in [6, 6.07) is -0.0385. The van der Waals surface area contributed by atoms with Gasteiger partial charge in [-0.15, -0.1) is 35.3 Å². The van der Waals surface area contributed by atoms with Crippen LogP contribution in [0, 0.1) is 12.8 Å². The zero-order valence-corrected chi connectivity index (χ0v) is 22.1. The highest BCUT2D eigenvalue weighted by Crippen LogP contribution is 2.24. The van der Waals surface area contributed by atoms with Crippen LogP contribution in [-0.2, 0) is 4.74 Å². The molecule has 0 saturated carbocycles. The number of thiazole rings is 1. The number of unbranched alkanes of at least 4 members (excludes halogenated alkanes) is 1. The normalized spacial score (nSPS) is 16.6. The van der Waals surface area contributed by atoms with Crippen LogP contribution in [0.2, 0.25) is 0 Å². The van der Waals surface area contributed by atoms with Gasteiger partial charge in [-0.05, 0) is 72.0 Å². The minimum absolute atomic E-state index is 0. The lowest BCUT2D eigenvalue weighted by Gasteiger charge is -2.30. The zero-order valence-electron chi connectivity index (χ0n) is 19.0. The lowest BCUT2D eigenvalue weighted by molar-refractivity contribution is 0.0531. The Balaban J connectivity index is 0.00000450. The molecule has 1 aliphatic heterocycles. The summed E-state index contributed by atoms with van der Waals surface area (Å²) in [6.07, 6.45) is 4.98. The summed E-state index contributed by atoms with van der Waals surface area (Å²) in [5.41, 5.74) is 0.715. The standard InChI is InChI=1S/C21H37N5O2S.HI/c1-6-28-20(27)18-16(3)24-19(29-18)17(4)25-21(22-5)23-11-7-8-12-26-13-9-15(2)10-14-26;/h15,17H,6-14H2,1-5H3,(H2,22,23,25);1H. The summed E-state index contributed by atoms with van der Waals surface area (Å²) in [5.74, 6) is 1.35. The molecule has 0 aliphatic carbocycles. The van der Waals surface area contributed by atoms with Crippen LogP contribution in [0.3, 0.4) is 0 Å². The van der Waals surface area contributed by atoms with Crippen LogP contribution in [0.25, 0.3) is 0 Å². The molecule has 1 saturated heterocycles. The molecule has 1 atom stereocenters. The van der Waals surface area contributed by atoms with Crippen molar-refractivity contribution in [3.63, 3.8) is 0 Å². The number of guanidine groups is 1. The van der Waals surface area contributed by atoms with E-state index in [0.29, 0.717) is 17.2 Å². The highest BCUT2D eigenvalue weighted by molar-refractivity contribution is 14.0. The number of esters is 1. The van der Waals surface area contributed by atoms with E-state index >= 15 is 0 Å². The Morgan fingerprint density at radius 2 is 2.07 bits per heavy atom. The highest BCUT2D eigenvalue weighted by atomic mass is 127. The molecule has 0 aromatic carbocycles. The third-order valence-corrected chi connectivity index (χ3v) is 6.61. The first-order valence-corrected chi connectivity index (χ1v) is 11.6. The molecule has 1 aromatic heterocycles. The summed E-state index contributed by atoms with van der Waals surface area (Å²) in [6.45, 7) is 13.0. The molecule has 0 amide bonds. The van der Waals surface area contributed by atoms with Crippen molar-refractivity contribution < 1.29 is 9.53 Å². The summed E-state index contributed by atoms with van der Waals surface area (Å²) in [5, 5.41) is 7.60. The van der Waals surface area contributed by atoms with Crippen LogP contribution in [0.5, 0.6) is 0 Å². The second-order valence-corrected chi connectivity index (χ2v) is 8.81. The quantitative estimate of drug-likeness (QED) is 0.159. The molecule has 1 unspecified atom stereocenters. The molecule has 2 heterocycles. The summed E-state index contributed by atoms with van der Waals surface area (Å²) in [7, 11) is 1.77. The SMILES string of the molecule is CCOC(=O)c1sc(C(C)NC(=NC)NCCCCN2CCC(C)CC2)nc1C.I. The molecule has 1 aromatic rings. The van der Waals surface area contributed by atoms with E-state index in [2.05, 4.69) is 32.4 Å². The first-order chi connectivity index (χ1) is 13.9. The van der Waals surface area contributed by atoms with Crippen molar-refractivity contribution in [2.45, 2.75) is 59.4 Å². The third-order valence-electron chi connectivity index (χ3n) is 5.29. The molecule has 0 spiro atoms. The van der Waals surface area contributed by atoms with Crippen molar-refractivity contribution in [1.82, 2.24) is 20.5 Å². The number of aromatic nitrogens is 1. The minimum Gasteiger partial charge on any atom is -0.462 e.